The van der Waals surface area contributed by atoms with Gasteiger partial charge in [0, 0.05) is 22.9 Å². The van der Waals surface area contributed by atoms with Gasteiger partial charge in [-0.25, -0.2) is 0 Å². The molecular weight excluding hydrogens is 1130 g/mol. The largest absolute Gasteiger partial charge is 2.00 e. The van der Waals surface area contributed by atoms with E-state index in [1.807, 2.05) is 77.4 Å². The number of imidazole rings is 2. The van der Waals surface area contributed by atoms with E-state index in [1.54, 1.807) is 13.2 Å². The van der Waals surface area contributed by atoms with E-state index in [0.29, 0.717) is 44.9 Å². The summed E-state index contributed by atoms with van der Waals surface area (Å²) in [6.45, 7) is 19.2. The number of aromatic nitrogens is 4. The first kappa shape index (κ1) is 52.0. The van der Waals surface area contributed by atoms with Gasteiger partial charge >= 0.3 is 27.2 Å². The fourth-order valence-corrected chi connectivity index (χ4v) is 10.6. The molecule has 8 aromatic carbocycles. The van der Waals surface area contributed by atoms with Crippen LogP contribution >= 0.6 is 0 Å². The number of fused-ring (bicyclic) bond motifs is 3. The zero-order valence-electron chi connectivity index (χ0n) is 43.9. The average molecular weight is 1190 g/mol. The third-order valence-corrected chi connectivity index (χ3v) is 14.2. The van der Waals surface area contributed by atoms with Crippen molar-refractivity contribution >= 4 is 33.0 Å². The third kappa shape index (κ3) is 9.48. The monoisotopic (exact) mass is 1190 g/mol. The number of para-hydroxylation sites is 2. The summed E-state index contributed by atoms with van der Waals surface area (Å²) < 4.78 is 61.2. The van der Waals surface area contributed by atoms with Crippen LogP contribution in [0.25, 0.3) is 89.4 Å². The van der Waals surface area contributed by atoms with Crippen molar-refractivity contribution < 1.29 is 43.4 Å². The number of benzene rings is 8. The Morgan fingerprint density at radius 1 is 0.526 bits per heavy atom. The summed E-state index contributed by atoms with van der Waals surface area (Å²) in [5, 5.41) is 0.706. The van der Waals surface area contributed by atoms with E-state index >= 15 is 0 Å². The molecule has 0 radical (unpaired) electrons. The number of nitrogens with zero attached hydrogens (tertiary/aromatic N) is 4. The van der Waals surface area contributed by atoms with Crippen LogP contribution in [0.5, 0.6) is 11.5 Å². The quantitative estimate of drug-likeness (QED) is 0.114. The molecular formula is C66H57F3N4O2Pt. The molecule has 11 aromatic rings. The Labute approximate surface area is 456 Å². The van der Waals surface area contributed by atoms with Crippen molar-refractivity contribution in [1.29, 1.82) is 0 Å². The van der Waals surface area contributed by atoms with Crippen molar-refractivity contribution in [2.45, 2.75) is 92.2 Å². The van der Waals surface area contributed by atoms with Crippen molar-refractivity contribution in [1.82, 2.24) is 19.1 Å². The number of alkyl halides is 3. The molecule has 0 aliphatic heterocycles. The Hall–Kier alpha value is -7.48. The molecule has 0 N–H and O–H groups in total. The van der Waals surface area contributed by atoms with Crippen LogP contribution in [0.1, 0.15) is 112 Å². The minimum atomic E-state index is -4.59. The van der Waals surface area contributed by atoms with Crippen LogP contribution in [0.4, 0.5) is 13.2 Å². The Morgan fingerprint density at radius 2 is 1.07 bits per heavy atom. The third-order valence-electron chi connectivity index (χ3n) is 14.2. The molecule has 11 rings (SSSR count). The van der Waals surface area contributed by atoms with E-state index in [0.717, 1.165) is 67.7 Å². The number of aryl methyl sites for hydroxylation is 1. The van der Waals surface area contributed by atoms with Crippen LogP contribution in [0, 0.1) is 19.1 Å². The summed E-state index contributed by atoms with van der Waals surface area (Å²) in [4.78, 5) is 10.4. The summed E-state index contributed by atoms with van der Waals surface area (Å²) in [5.74, 6) is 2.26. The molecule has 3 heterocycles. The molecule has 10 heteroatoms. The molecule has 0 fully saturated rings. The smallest absolute Gasteiger partial charge is 0.508 e. The van der Waals surface area contributed by atoms with Crippen molar-refractivity contribution in [2.75, 3.05) is 0 Å². The Morgan fingerprint density at radius 3 is 1.63 bits per heavy atom. The molecule has 76 heavy (non-hydrogen) atoms. The molecule has 0 amide bonds. The molecule has 0 saturated heterocycles. The maximum atomic E-state index is 14.6. The van der Waals surface area contributed by atoms with Crippen LogP contribution in [0.15, 0.2) is 162 Å². The van der Waals surface area contributed by atoms with Crippen molar-refractivity contribution in [3.63, 3.8) is 0 Å². The second-order valence-corrected chi connectivity index (χ2v) is 20.8. The van der Waals surface area contributed by atoms with E-state index in [1.165, 1.54) is 22.8 Å². The van der Waals surface area contributed by atoms with E-state index in [2.05, 4.69) is 139 Å². The normalized spacial score (nSPS) is 12.1. The Kier molecular flexibility index (Phi) is 14.1. The van der Waals surface area contributed by atoms with E-state index in [4.69, 9.17) is 19.1 Å². The van der Waals surface area contributed by atoms with Gasteiger partial charge < -0.3 is 18.3 Å². The predicted octanol–water partition coefficient (Wildman–Crippen LogP) is 19.0. The molecule has 0 bridgehead atoms. The maximum absolute atomic E-state index is 14.6. The molecule has 3 aromatic heterocycles. The SMILES string of the molecule is Cc1cc(C(F)(F)F)cc2nc(-c3[c-]c(Oc4[c-]c(-c5nc6ccccc6n5-c5c(C(C)C)cc(-c6ccccc6)cc5C(C)C)ccc4)cc4ccoc34)n(-c3c(C(C)C)cc(-c4ccccc4)cc3C(C)C)c12.[Pt+2]. The molecule has 0 atom stereocenters. The Balaban J connectivity index is 0.00000657. The van der Waals surface area contributed by atoms with Gasteiger partial charge in [-0.3, -0.25) is 9.97 Å². The predicted molar refractivity (Wildman–Crippen MR) is 297 cm³/mol. The van der Waals surface area contributed by atoms with Crippen molar-refractivity contribution in [3.05, 3.63) is 203 Å². The van der Waals surface area contributed by atoms with Crippen LogP contribution < -0.4 is 4.74 Å². The summed E-state index contributed by atoms with van der Waals surface area (Å²) in [6, 6.07) is 57.0. The van der Waals surface area contributed by atoms with Gasteiger partial charge in [-0.05, 0) is 135 Å². The van der Waals surface area contributed by atoms with Crippen LogP contribution in [0.3, 0.4) is 0 Å². The average Bonchev–Trinajstić information content (AvgIpc) is 4.19. The molecule has 0 aliphatic carbocycles. The number of ether oxygens (including phenoxy) is 1. The first-order valence-corrected chi connectivity index (χ1v) is 25.7. The fraction of sp³-hybridized carbons (Fsp3) is 0.212. The van der Waals surface area contributed by atoms with Gasteiger partial charge in [-0.1, -0.05) is 157 Å². The maximum Gasteiger partial charge on any atom is 2.00 e. The number of halogens is 3. The molecule has 0 unspecified atom stereocenters. The van der Waals surface area contributed by atoms with Gasteiger partial charge in [0.15, 0.2) is 0 Å². The van der Waals surface area contributed by atoms with E-state index < -0.39 is 11.7 Å². The number of hydrogen-bond donors (Lipinski definition) is 0. The van der Waals surface area contributed by atoms with Crippen molar-refractivity contribution in [3.8, 4) is 67.9 Å². The molecule has 384 valence electrons. The first-order chi connectivity index (χ1) is 36.0. The van der Waals surface area contributed by atoms with Crippen LogP contribution in [-0.2, 0) is 27.2 Å². The summed E-state index contributed by atoms with van der Waals surface area (Å²) in [5.41, 5.74) is 14.8. The van der Waals surface area contributed by atoms with Gasteiger partial charge in [0.2, 0.25) is 0 Å². The zero-order chi connectivity index (χ0) is 52.4. The van der Waals surface area contributed by atoms with Crippen LogP contribution in [0.2, 0.25) is 0 Å². The molecule has 6 nitrogen and oxygen atoms in total. The summed E-state index contributed by atoms with van der Waals surface area (Å²) in [7, 11) is 0. The zero-order valence-corrected chi connectivity index (χ0v) is 46.1. The minimum Gasteiger partial charge on any atom is -0.508 e. The first-order valence-electron chi connectivity index (χ1n) is 25.7. The summed E-state index contributed by atoms with van der Waals surface area (Å²) >= 11 is 0. The van der Waals surface area contributed by atoms with Gasteiger partial charge in [0.1, 0.15) is 0 Å². The van der Waals surface area contributed by atoms with Gasteiger partial charge in [-0.2, -0.15) is 13.2 Å². The molecule has 0 spiro atoms. The van der Waals surface area contributed by atoms with Gasteiger partial charge in [0.05, 0.1) is 51.1 Å². The number of furan rings is 1. The second kappa shape index (κ2) is 20.6. The van der Waals surface area contributed by atoms with Crippen LogP contribution in [-0.4, -0.2) is 19.1 Å². The summed E-state index contributed by atoms with van der Waals surface area (Å²) in [6.07, 6.45) is -2.99. The number of hydrogen-bond acceptors (Lipinski definition) is 4. The topological polar surface area (TPSA) is 58.0 Å². The van der Waals surface area contributed by atoms with E-state index in [9.17, 15) is 13.2 Å². The van der Waals surface area contributed by atoms with Crippen molar-refractivity contribution in [2.24, 2.45) is 0 Å². The molecule has 0 saturated carbocycles. The fourth-order valence-electron chi connectivity index (χ4n) is 10.6. The standard InChI is InChI=1S/C66H57F3N4O2.Pt/c1-38(2)52-32-47(43-19-12-10-13-20-43)33-53(39(3)4)61(52)72-59-26-17-16-25-57(59)70-64(72)46-23-18-24-50(31-46)75-51-30-45-27-28-74-63(45)56(37-51)65-71-58-36-49(66(67,68)69)29-42(9)60(58)73(65)62-54(40(5)6)34-48(35-55(62)41(7)8)44-21-14-11-15-22-44;/h10-30,32-36,38-41H,1-9H3;/q-2;+2. The minimum absolute atomic E-state index is 0. The second-order valence-electron chi connectivity index (χ2n) is 20.8. The van der Waals surface area contributed by atoms with E-state index in [-0.39, 0.29) is 50.3 Å². The van der Waals surface area contributed by atoms with Gasteiger partial charge in [0.25, 0.3) is 0 Å². The Bertz CT molecular complexity index is 3880. The van der Waals surface area contributed by atoms with Gasteiger partial charge in [-0.15, -0.1) is 23.8 Å². The molecule has 0 aliphatic rings. The number of rotatable bonds is 12.